The van der Waals surface area contributed by atoms with Gasteiger partial charge in [-0.25, -0.2) is 0 Å². The van der Waals surface area contributed by atoms with E-state index in [4.69, 9.17) is 11.1 Å². The monoisotopic (exact) mass is 152 g/mol. The number of likely N-dealkylation sites (N-methyl/N-ethyl adjacent to an activating group) is 1. The minimum Gasteiger partial charge on any atom is -0.327 e. The Morgan fingerprint density at radius 3 is 2.50 bits per heavy atom. The van der Waals surface area contributed by atoms with Crippen molar-refractivity contribution in [3.63, 3.8) is 0 Å². The number of nitrogens with one attached hydrogen (secondary N) is 2. The van der Waals surface area contributed by atoms with E-state index in [1.165, 1.54) is 0 Å². The van der Waals surface area contributed by atoms with Crippen LogP contribution in [0, 0.1) is 0 Å². The van der Waals surface area contributed by atoms with Crippen LogP contribution in [0.25, 0.3) is 0 Å². The fraction of sp³-hybridized carbons (Fsp3) is 1.00. The summed E-state index contributed by atoms with van der Waals surface area (Å²) < 4.78 is 0. The van der Waals surface area contributed by atoms with Gasteiger partial charge in [0.05, 0.1) is 0 Å². The molecule has 0 aromatic carbocycles. The van der Waals surface area contributed by atoms with E-state index in [2.05, 4.69) is 16.8 Å². The molecule has 4 heteroatoms. The van der Waals surface area contributed by atoms with Crippen molar-refractivity contribution in [1.29, 1.82) is 0 Å². The van der Waals surface area contributed by atoms with Crippen molar-refractivity contribution < 1.29 is 0 Å². The van der Waals surface area contributed by atoms with Crippen molar-refractivity contribution >= 4 is 19.3 Å². The number of hydrogen-bond acceptors (Lipinski definition) is 2. The number of halogens is 1. The lowest BCUT2D eigenvalue weighted by Gasteiger charge is -2.02. The smallest absolute Gasteiger partial charge is 0.208 e. The summed E-state index contributed by atoms with van der Waals surface area (Å²) >= 11 is 5.71. The molecule has 0 aromatic rings. The molecule has 50 valence electrons. The second-order valence-corrected chi connectivity index (χ2v) is 5.28. The Balaban J connectivity index is 2.72. The summed E-state index contributed by atoms with van der Waals surface area (Å²) in [5.41, 5.74) is 0. The van der Waals surface area contributed by atoms with Gasteiger partial charge in [0.15, 0.2) is 0 Å². The average Bonchev–Trinajstić information content (AvgIpc) is 1.66. The first-order valence-corrected chi connectivity index (χ1v) is 6.27. The van der Waals surface area contributed by atoms with Gasteiger partial charge in [-0.05, 0) is 13.6 Å². The fourth-order valence-electron chi connectivity index (χ4n) is 0.396. The highest BCUT2D eigenvalue weighted by Gasteiger charge is 1.92. The van der Waals surface area contributed by atoms with Crippen molar-refractivity contribution in [2.45, 2.75) is 6.55 Å². The summed E-state index contributed by atoms with van der Waals surface area (Å²) in [5, 5.41) is 3.02. The van der Waals surface area contributed by atoms with Crippen LogP contribution < -0.4 is 10.3 Å². The standard InChI is InChI=1S/C4H13ClN2Si/c1-6-3-4-7-8(2)5/h6-8H,3-4H2,1-2H3. The second-order valence-electron chi connectivity index (χ2n) is 1.67. The van der Waals surface area contributed by atoms with Gasteiger partial charge in [0.25, 0.3) is 0 Å². The molecule has 0 rings (SSSR count). The Bertz CT molecular complexity index is 51.3. The molecule has 0 radical (unpaired) electrons. The summed E-state index contributed by atoms with van der Waals surface area (Å²) in [7, 11) is 0.913. The van der Waals surface area contributed by atoms with E-state index in [1.807, 2.05) is 7.05 Å². The summed E-state index contributed by atoms with van der Waals surface area (Å²) in [6.07, 6.45) is 0. The average molecular weight is 153 g/mol. The molecule has 1 atom stereocenters. The SMILES string of the molecule is CNCCN[SiH](C)Cl. The van der Waals surface area contributed by atoms with E-state index >= 15 is 0 Å². The molecule has 1 unspecified atom stereocenters. The molecule has 0 aromatic heterocycles. The van der Waals surface area contributed by atoms with E-state index in [-0.39, 0.29) is 0 Å². The van der Waals surface area contributed by atoms with E-state index in [0.29, 0.717) is 0 Å². The van der Waals surface area contributed by atoms with Gasteiger partial charge in [0, 0.05) is 13.1 Å². The lowest BCUT2D eigenvalue weighted by atomic mass is 10.7. The molecule has 0 heterocycles. The maximum atomic E-state index is 5.71. The van der Waals surface area contributed by atoms with Gasteiger partial charge >= 0.3 is 0 Å². The van der Waals surface area contributed by atoms with Crippen LogP contribution in [0.1, 0.15) is 0 Å². The van der Waals surface area contributed by atoms with Crippen LogP contribution in [0.15, 0.2) is 0 Å². The Labute approximate surface area is 57.0 Å². The summed E-state index contributed by atoms with van der Waals surface area (Å²) in [5.74, 6) is 0. The van der Waals surface area contributed by atoms with Crippen LogP contribution in [-0.2, 0) is 0 Å². The van der Waals surface area contributed by atoms with Gasteiger partial charge in [-0.3, -0.25) is 0 Å². The maximum Gasteiger partial charge on any atom is 0.208 e. The van der Waals surface area contributed by atoms with Crippen molar-refractivity contribution in [3.05, 3.63) is 0 Å². The Kier molecular flexibility index (Phi) is 5.86. The van der Waals surface area contributed by atoms with Crippen LogP contribution >= 0.6 is 11.1 Å². The zero-order valence-corrected chi connectivity index (χ0v) is 7.28. The molecule has 2 nitrogen and oxygen atoms in total. The summed E-state index contributed by atoms with van der Waals surface area (Å²) in [6.45, 7) is 4.05. The molecule has 0 bridgehead atoms. The molecule has 8 heavy (non-hydrogen) atoms. The maximum absolute atomic E-state index is 5.71. The van der Waals surface area contributed by atoms with Crippen LogP contribution in [0.5, 0.6) is 0 Å². The Morgan fingerprint density at radius 1 is 1.50 bits per heavy atom. The molecule has 0 aliphatic carbocycles. The third-order valence-corrected chi connectivity index (χ3v) is 2.11. The first-order chi connectivity index (χ1) is 3.77. The molecular formula is C4H13ClN2Si. The fourth-order valence-corrected chi connectivity index (χ4v) is 1.27. The third kappa shape index (κ3) is 6.43. The predicted octanol–water partition coefficient (Wildman–Crippen LogP) is -0.116. The van der Waals surface area contributed by atoms with Crippen molar-refractivity contribution in [3.8, 4) is 0 Å². The van der Waals surface area contributed by atoms with E-state index in [1.54, 1.807) is 0 Å². The van der Waals surface area contributed by atoms with Crippen molar-refractivity contribution in [1.82, 2.24) is 10.3 Å². The molecule has 0 saturated heterocycles. The van der Waals surface area contributed by atoms with Crippen LogP contribution in [0.3, 0.4) is 0 Å². The van der Waals surface area contributed by atoms with E-state index in [0.717, 1.165) is 13.1 Å². The van der Waals surface area contributed by atoms with Gasteiger partial charge in [0.1, 0.15) is 0 Å². The minimum atomic E-state index is -1.02. The molecule has 0 fully saturated rings. The normalized spacial score (nSPS) is 13.9. The van der Waals surface area contributed by atoms with E-state index in [9.17, 15) is 0 Å². The highest BCUT2D eigenvalue weighted by atomic mass is 35.6. The first kappa shape index (κ1) is 8.43. The zero-order valence-electron chi connectivity index (χ0n) is 5.37. The van der Waals surface area contributed by atoms with Crippen molar-refractivity contribution in [2.75, 3.05) is 20.1 Å². The second kappa shape index (κ2) is 5.56. The quantitative estimate of drug-likeness (QED) is 0.334. The molecule has 2 N–H and O–H groups in total. The molecule has 0 aliphatic heterocycles. The predicted molar refractivity (Wildman–Crippen MR) is 40.8 cm³/mol. The molecule has 0 aliphatic rings. The lowest BCUT2D eigenvalue weighted by Crippen LogP contribution is -2.31. The van der Waals surface area contributed by atoms with Gasteiger partial charge in [-0.1, -0.05) is 0 Å². The van der Waals surface area contributed by atoms with Crippen LogP contribution in [0.4, 0.5) is 0 Å². The van der Waals surface area contributed by atoms with Gasteiger partial charge in [-0.2, -0.15) is 11.1 Å². The molecule has 0 saturated carbocycles. The lowest BCUT2D eigenvalue weighted by molar-refractivity contribution is 0.767. The summed E-state index contributed by atoms with van der Waals surface area (Å²) in [6, 6.07) is 0. The van der Waals surface area contributed by atoms with Crippen LogP contribution in [-0.4, -0.2) is 28.4 Å². The highest BCUT2D eigenvalue weighted by molar-refractivity contribution is 7.04. The molecule has 0 spiro atoms. The van der Waals surface area contributed by atoms with Crippen molar-refractivity contribution in [2.24, 2.45) is 0 Å². The van der Waals surface area contributed by atoms with Gasteiger partial charge in [0.2, 0.25) is 8.27 Å². The van der Waals surface area contributed by atoms with E-state index < -0.39 is 8.27 Å². The summed E-state index contributed by atoms with van der Waals surface area (Å²) in [4.78, 5) is 3.19. The Morgan fingerprint density at radius 2 is 2.12 bits per heavy atom. The number of rotatable bonds is 4. The topological polar surface area (TPSA) is 24.1 Å². The molecular weight excluding hydrogens is 140 g/mol. The highest BCUT2D eigenvalue weighted by Crippen LogP contribution is 1.77. The van der Waals surface area contributed by atoms with Gasteiger partial charge < -0.3 is 10.3 Å². The Hall–Kier alpha value is 0.427. The third-order valence-electron chi connectivity index (χ3n) is 0.801. The minimum absolute atomic E-state index is 0.993. The van der Waals surface area contributed by atoms with Gasteiger partial charge in [-0.15, -0.1) is 0 Å². The molecule has 0 amide bonds. The largest absolute Gasteiger partial charge is 0.327 e. The van der Waals surface area contributed by atoms with Crippen LogP contribution in [0.2, 0.25) is 6.55 Å². The first-order valence-electron chi connectivity index (χ1n) is 2.79. The zero-order chi connectivity index (χ0) is 6.41. The number of hydrogen-bond donors (Lipinski definition) is 2.